The zero-order valence-electron chi connectivity index (χ0n) is 10.3. The Balaban J connectivity index is 2.81. The summed E-state index contributed by atoms with van der Waals surface area (Å²) in [6, 6.07) is 0. The summed E-state index contributed by atoms with van der Waals surface area (Å²) in [5, 5.41) is 0. The second-order valence-corrected chi connectivity index (χ2v) is 7.43. The Morgan fingerprint density at radius 1 is 0.533 bits per heavy atom. The van der Waals surface area contributed by atoms with Crippen LogP contribution in [0.25, 0.3) is 0 Å². The van der Waals surface area contributed by atoms with E-state index in [1.165, 1.54) is 60.2 Å². The molecule has 0 amide bonds. The Bertz CT molecular complexity index is 95.0. The Kier molecular flexibility index (Phi) is 16.1. The van der Waals surface area contributed by atoms with Crippen LogP contribution in [-0.4, -0.2) is 34.5 Å². The van der Waals surface area contributed by atoms with Crippen molar-refractivity contribution in [1.29, 1.82) is 0 Å². The molecule has 15 heavy (non-hydrogen) atoms. The molecule has 0 rings (SSSR count). The number of rotatable bonds is 12. The highest BCUT2D eigenvalue weighted by molar-refractivity contribution is 7.99. The van der Waals surface area contributed by atoms with Crippen molar-refractivity contribution in [3.05, 3.63) is 0 Å². The molecule has 0 aliphatic rings. The van der Waals surface area contributed by atoms with Gasteiger partial charge in [-0.25, -0.2) is 0 Å². The van der Waals surface area contributed by atoms with E-state index < -0.39 is 0 Å². The summed E-state index contributed by atoms with van der Waals surface area (Å²) in [6.07, 6.45) is 5.66. The third-order valence-corrected chi connectivity index (χ3v) is 5.19. The van der Waals surface area contributed by atoms with Crippen molar-refractivity contribution in [3.8, 4) is 0 Å². The lowest BCUT2D eigenvalue weighted by Crippen LogP contribution is -1.88. The van der Waals surface area contributed by atoms with Crippen molar-refractivity contribution in [2.45, 2.75) is 39.5 Å². The SMILES string of the molecule is CCSCCCCSCCCCSCC. The summed E-state index contributed by atoms with van der Waals surface area (Å²) in [5.74, 6) is 8.05. The van der Waals surface area contributed by atoms with Crippen molar-refractivity contribution in [1.82, 2.24) is 0 Å². The zero-order chi connectivity index (χ0) is 11.2. The maximum atomic E-state index is 2.24. The van der Waals surface area contributed by atoms with Crippen LogP contribution in [0.2, 0.25) is 0 Å². The van der Waals surface area contributed by atoms with Gasteiger partial charge in [-0.3, -0.25) is 0 Å². The van der Waals surface area contributed by atoms with Gasteiger partial charge in [0, 0.05) is 0 Å². The lowest BCUT2D eigenvalue weighted by molar-refractivity contribution is 0.889. The summed E-state index contributed by atoms with van der Waals surface area (Å²) in [5.41, 5.74) is 0. The highest BCUT2D eigenvalue weighted by Crippen LogP contribution is 2.11. The Hall–Kier alpha value is 1.05. The van der Waals surface area contributed by atoms with Crippen LogP contribution < -0.4 is 0 Å². The molecule has 0 radical (unpaired) electrons. The van der Waals surface area contributed by atoms with Crippen molar-refractivity contribution in [3.63, 3.8) is 0 Å². The third kappa shape index (κ3) is 15.1. The minimum Gasteiger partial charge on any atom is -0.162 e. The normalized spacial score (nSPS) is 10.8. The van der Waals surface area contributed by atoms with E-state index in [9.17, 15) is 0 Å². The van der Waals surface area contributed by atoms with Crippen molar-refractivity contribution < 1.29 is 0 Å². The van der Waals surface area contributed by atoms with E-state index in [1.54, 1.807) is 0 Å². The first-order valence-electron chi connectivity index (χ1n) is 6.15. The molecule has 0 aliphatic carbocycles. The van der Waals surface area contributed by atoms with Crippen LogP contribution in [-0.2, 0) is 0 Å². The molecule has 0 atom stereocenters. The van der Waals surface area contributed by atoms with Gasteiger partial charge in [0.15, 0.2) is 0 Å². The van der Waals surface area contributed by atoms with Gasteiger partial charge in [-0.1, -0.05) is 13.8 Å². The van der Waals surface area contributed by atoms with Crippen LogP contribution in [0.3, 0.4) is 0 Å². The highest BCUT2D eigenvalue weighted by Gasteiger charge is 1.92. The first kappa shape index (κ1) is 16.1. The van der Waals surface area contributed by atoms with Crippen LogP contribution >= 0.6 is 35.3 Å². The molecule has 0 bridgehead atoms. The van der Waals surface area contributed by atoms with E-state index in [0.29, 0.717) is 0 Å². The molecule has 0 fully saturated rings. The highest BCUT2D eigenvalue weighted by atomic mass is 32.2. The minimum atomic E-state index is 1.28. The maximum Gasteiger partial charge on any atom is -0.00672 e. The Morgan fingerprint density at radius 3 is 1.20 bits per heavy atom. The van der Waals surface area contributed by atoms with Crippen LogP contribution in [0.1, 0.15) is 39.5 Å². The Labute approximate surface area is 109 Å². The molecule has 3 heteroatoms. The van der Waals surface area contributed by atoms with Gasteiger partial charge in [0.05, 0.1) is 0 Å². The summed E-state index contributed by atoms with van der Waals surface area (Å²) in [6.45, 7) is 4.49. The molecule has 0 saturated heterocycles. The molecule has 0 aliphatic heterocycles. The van der Waals surface area contributed by atoms with Gasteiger partial charge in [-0.05, 0) is 60.2 Å². The first-order valence-corrected chi connectivity index (χ1v) is 9.61. The standard InChI is InChI=1S/C12H26S3/c1-3-13-9-5-7-11-15-12-8-6-10-14-4-2/h3-12H2,1-2H3. The second kappa shape index (κ2) is 15.0. The van der Waals surface area contributed by atoms with Crippen molar-refractivity contribution >= 4 is 35.3 Å². The number of hydrogen-bond acceptors (Lipinski definition) is 3. The summed E-state index contributed by atoms with van der Waals surface area (Å²) < 4.78 is 0. The van der Waals surface area contributed by atoms with E-state index in [1.807, 2.05) is 0 Å². The molecule has 0 aromatic rings. The molecule has 0 aromatic carbocycles. The van der Waals surface area contributed by atoms with Gasteiger partial charge in [-0.2, -0.15) is 35.3 Å². The van der Waals surface area contributed by atoms with Gasteiger partial charge in [0.2, 0.25) is 0 Å². The van der Waals surface area contributed by atoms with Gasteiger partial charge in [0.25, 0.3) is 0 Å². The van der Waals surface area contributed by atoms with Crippen LogP contribution in [0.4, 0.5) is 0 Å². The maximum absolute atomic E-state index is 2.24. The topological polar surface area (TPSA) is 0 Å². The molecule has 92 valence electrons. The van der Waals surface area contributed by atoms with E-state index in [-0.39, 0.29) is 0 Å². The number of unbranched alkanes of at least 4 members (excludes halogenated alkanes) is 2. The van der Waals surface area contributed by atoms with E-state index in [4.69, 9.17) is 0 Å². The monoisotopic (exact) mass is 266 g/mol. The molecule has 0 spiro atoms. The average molecular weight is 267 g/mol. The van der Waals surface area contributed by atoms with E-state index in [2.05, 4.69) is 49.1 Å². The summed E-state index contributed by atoms with van der Waals surface area (Å²) in [7, 11) is 0. The molecule has 0 heterocycles. The lowest BCUT2D eigenvalue weighted by atomic mass is 10.4. The van der Waals surface area contributed by atoms with Crippen molar-refractivity contribution in [2.24, 2.45) is 0 Å². The predicted octanol–water partition coefficient (Wildman–Crippen LogP) is 4.79. The predicted molar refractivity (Wildman–Crippen MR) is 81.8 cm³/mol. The summed E-state index contributed by atoms with van der Waals surface area (Å²) >= 11 is 6.30. The van der Waals surface area contributed by atoms with Crippen molar-refractivity contribution in [2.75, 3.05) is 34.5 Å². The zero-order valence-corrected chi connectivity index (χ0v) is 12.7. The Morgan fingerprint density at radius 2 is 0.867 bits per heavy atom. The molecule has 0 saturated carbocycles. The molecule has 0 nitrogen and oxygen atoms in total. The smallest absolute Gasteiger partial charge is 0.00672 e. The van der Waals surface area contributed by atoms with Gasteiger partial charge in [-0.15, -0.1) is 0 Å². The first-order chi connectivity index (χ1) is 7.41. The van der Waals surface area contributed by atoms with Crippen LogP contribution in [0.15, 0.2) is 0 Å². The molecular weight excluding hydrogens is 240 g/mol. The second-order valence-electron chi connectivity index (χ2n) is 3.42. The number of thioether (sulfide) groups is 3. The molecular formula is C12H26S3. The molecule has 0 N–H and O–H groups in total. The minimum absolute atomic E-state index is 1.28. The third-order valence-electron chi connectivity index (χ3n) is 2.06. The average Bonchev–Trinajstić information content (AvgIpc) is 2.26. The van der Waals surface area contributed by atoms with Gasteiger partial charge < -0.3 is 0 Å². The van der Waals surface area contributed by atoms with E-state index >= 15 is 0 Å². The quantitative estimate of drug-likeness (QED) is 0.466. The number of hydrogen-bond donors (Lipinski definition) is 0. The largest absolute Gasteiger partial charge is 0.162 e. The fraction of sp³-hybridized carbons (Fsp3) is 1.00. The molecule has 0 aromatic heterocycles. The van der Waals surface area contributed by atoms with E-state index in [0.717, 1.165) is 0 Å². The molecule has 0 unspecified atom stereocenters. The van der Waals surface area contributed by atoms with Crippen LogP contribution in [0.5, 0.6) is 0 Å². The van der Waals surface area contributed by atoms with Gasteiger partial charge in [0.1, 0.15) is 0 Å². The van der Waals surface area contributed by atoms with Crippen LogP contribution in [0, 0.1) is 0 Å². The fourth-order valence-corrected chi connectivity index (χ4v) is 3.62. The lowest BCUT2D eigenvalue weighted by Gasteiger charge is -2.01. The summed E-state index contributed by atoms with van der Waals surface area (Å²) in [4.78, 5) is 0. The fourth-order valence-electron chi connectivity index (χ4n) is 1.21. The van der Waals surface area contributed by atoms with Gasteiger partial charge >= 0.3 is 0 Å².